The first-order valence-corrected chi connectivity index (χ1v) is 8.00. The fraction of sp³-hybridized carbons (Fsp3) is 0.438. The van der Waals surface area contributed by atoms with Gasteiger partial charge < -0.3 is 9.88 Å². The van der Waals surface area contributed by atoms with E-state index >= 15 is 0 Å². The molecule has 3 nitrogen and oxygen atoms in total. The lowest BCUT2D eigenvalue weighted by Crippen LogP contribution is -2.40. The number of aromatic amines is 1. The monoisotopic (exact) mass is 344 g/mol. The molecule has 0 saturated carbocycles. The highest BCUT2D eigenvalue weighted by Crippen LogP contribution is 2.35. The van der Waals surface area contributed by atoms with Gasteiger partial charge in [-0.15, -0.1) is 11.6 Å². The Labute approximate surface area is 136 Å². The average molecular weight is 345 g/mol. The number of aromatic nitrogens is 1. The van der Waals surface area contributed by atoms with Gasteiger partial charge in [0.1, 0.15) is 0 Å². The highest BCUT2D eigenvalue weighted by Gasteiger charge is 2.33. The summed E-state index contributed by atoms with van der Waals surface area (Å²) in [5, 5.41) is 0.00787. The van der Waals surface area contributed by atoms with E-state index in [1.54, 1.807) is 6.07 Å². The quantitative estimate of drug-likeness (QED) is 0.831. The Morgan fingerprint density at radius 2 is 2.04 bits per heavy atom. The molecule has 0 unspecified atom stereocenters. The zero-order valence-electron chi connectivity index (χ0n) is 12.3. The molecule has 1 N–H and O–H groups in total. The SMILES string of the molecule is O=c1cc(C(F)(F)F)c2cc(N3CCCC[C@H]3CCl)ccc2[nH]1. The zero-order chi connectivity index (χ0) is 16.6. The summed E-state index contributed by atoms with van der Waals surface area (Å²) in [6.45, 7) is 0.771. The minimum absolute atomic E-state index is 0.00787. The third-order valence-corrected chi connectivity index (χ3v) is 4.63. The molecule has 23 heavy (non-hydrogen) atoms. The molecular formula is C16H16ClF3N2O. The largest absolute Gasteiger partial charge is 0.417 e. The number of fused-ring (bicyclic) bond motifs is 1. The third-order valence-electron chi connectivity index (χ3n) is 4.27. The molecular weight excluding hydrogens is 329 g/mol. The van der Waals surface area contributed by atoms with E-state index in [0.29, 0.717) is 17.6 Å². The summed E-state index contributed by atoms with van der Waals surface area (Å²) < 4.78 is 39.7. The number of H-pyrrole nitrogens is 1. The minimum atomic E-state index is -4.57. The molecule has 2 aromatic rings. The Morgan fingerprint density at radius 1 is 1.26 bits per heavy atom. The van der Waals surface area contributed by atoms with Gasteiger partial charge in [-0.05, 0) is 37.5 Å². The van der Waals surface area contributed by atoms with Crippen molar-refractivity contribution in [2.45, 2.75) is 31.5 Å². The smallest absolute Gasteiger partial charge is 0.367 e. The van der Waals surface area contributed by atoms with Gasteiger partial charge in [0.05, 0.1) is 5.56 Å². The molecule has 0 amide bonds. The van der Waals surface area contributed by atoms with Gasteiger partial charge in [0.15, 0.2) is 0 Å². The molecule has 7 heteroatoms. The van der Waals surface area contributed by atoms with Gasteiger partial charge in [0.25, 0.3) is 0 Å². The van der Waals surface area contributed by atoms with Crippen molar-refractivity contribution < 1.29 is 13.2 Å². The van der Waals surface area contributed by atoms with Crippen LogP contribution in [0.2, 0.25) is 0 Å². The van der Waals surface area contributed by atoms with Crippen molar-refractivity contribution in [3.8, 4) is 0 Å². The first-order valence-electron chi connectivity index (χ1n) is 7.47. The average Bonchev–Trinajstić information content (AvgIpc) is 2.52. The predicted molar refractivity (Wildman–Crippen MR) is 85.3 cm³/mol. The summed E-state index contributed by atoms with van der Waals surface area (Å²) in [7, 11) is 0. The number of pyridine rings is 1. The molecule has 1 fully saturated rings. The lowest BCUT2D eigenvalue weighted by Gasteiger charge is -2.36. The number of hydrogen-bond acceptors (Lipinski definition) is 2. The van der Waals surface area contributed by atoms with E-state index in [0.717, 1.165) is 25.8 Å². The van der Waals surface area contributed by atoms with Crippen LogP contribution in [0, 0.1) is 0 Å². The molecule has 3 rings (SSSR count). The molecule has 0 spiro atoms. The van der Waals surface area contributed by atoms with Crippen molar-refractivity contribution >= 4 is 28.2 Å². The summed E-state index contributed by atoms with van der Waals surface area (Å²) in [5.74, 6) is 0.440. The molecule has 0 bridgehead atoms. The Balaban J connectivity index is 2.14. The molecule has 124 valence electrons. The van der Waals surface area contributed by atoms with Crippen LogP contribution in [-0.4, -0.2) is 23.5 Å². The number of halogens is 4. The van der Waals surface area contributed by atoms with Crippen molar-refractivity contribution in [3.05, 3.63) is 40.2 Å². The maximum Gasteiger partial charge on any atom is 0.417 e. The maximum absolute atomic E-state index is 13.2. The summed E-state index contributed by atoms with van der Waals surface area (Å²) in [6, 6.07) is 5.50. The van der Waals surface area contributed by atoms with Gasteiger partial charge >= 0.3 is 6.18 Å². The second kappa shape index (κ2) is 6.07. The van der Waals surface area contributed by atoms with E-state index in [-0.39, 0.29) is 16.9 Å². The third kappa shape index (κ3) is 3.17. The van der Waals surface area contributed by atoms with Crippen molar-refractivity contribution in [1.29, 1.82) is 0 Å². The van der Waals surface area contributed by atoms with Gasteiger partial charge in [-0.3, -0.25) is 4.79 Å². The Morgan fingerprint density at radius 3 is 2.74 bits per heavy atom. The number of rotatable bonds is 2. The Hall–Kier alpha value is -1.69. The molecule has 2 heterocycles. The number of nitrogens with zero attached hydrogens (tertiary/aromatic N) is 1. The van der Waals surface area contributed by atoms with Gasteiger partial charge in [0.2, 0.25) is 5.56 Å². The van der Waals surface area contributed by atoms with Crippen LogP contribution in [0.3, 0.4) is 0 Å². The number of alkyl halides is 4. The van der Waals surface area contributed by atoms with Crippen LogP contribution in [0.5, 0.6) is 0 Å². The van der Waals surface area contributed by atoms with E-state index in [1.807, 2.05) is 0 Å². The fourth-order valence-corrected chi connectivity index (χ4v) is 3.48. The van der Waals surface area contributed by atoms with E-state index in [4.69, 9.17) is 11.6 Å². The molecule has 1 aliphatic rings. The summed E-state index contributed by atoms with van der Waals surface area (Å²) >= 11 is 6.00. The second-order valence-corrected chi connectivity index (χ2v) is 6.08. The number of hydrogen-bond donors (Lipinski definition) is 1. The van der Waals surface area contributed by atoms with Gasteiger partial charge in [0, 0.05) is 41.1 Å². The number of nitrogens with one attached hydrogen (secondary N) is 1. The normalized spacial score (nSPS) is 19.3. The zero-order valence-corrected chi connectivity index (χ0v) is 13.0. The topological polar surface area (TPSA) is 36.1 Å². The first kappa shape index (κ1) is 16.2. The highest BCUT2D eigenvalue weighted by molar-refractivity contribution is 6.18. The van der Waals surface area contributed by atoms with Crippen LogP contribution in [0.25, 0.3) is 10.9 Å². The van der Waals surface area contributed by atoms with Crippen molar-refractivity contribution in [3.63, 3.8) is 0 Å². The Kier molecular flexibility index (Phi) is 4.27. The first-order chi connectivity index (χ1) is 10.9. The molecule has 1 atom stereocenters. The summed E-state index contributed by atoms with van der Waals surface area (Å²) in [6.07, 6.45) is -1.58. The number of piperidine rings is 1. The van der Waals surface area contributed by atoms with Crippen LogP contribution < -0.4 is 10.5 Å². The van der Waals surface area contributed by atoms with E-state index in [2.05, 4.69) is 9.88 Å². The highest BCUT2D eigenvalue weighted by atomic mass is 35.5. The number of anilines is 1. The predicted octanol–water partition coefficient (Wildman–Crippen LogP) is 4.14. The number of benzene rings is 1. The van der Waals surface area contributed by atoms with Crippen LogP contribution in [0.4, 0.5) is 18.9 Å². The lowest BCUT2D eigenvalue weighted by molar-refractivity contribution is -0.136. The summed E-state index contributed by atoms with van der Waals surface area (Å²) in [4.78, 5) is 16.0. The van der Waals surface area contributed by atoms with Crippen LogP contribution in [0.15, 0.2) is 29.1 Å². The van der Waals surface area contributed by atoms with E-state index in [1.165, 1.54) is 12.1 Å². The van der Waals surface area contributed by atoms with Crippen LogP contribution in [0.1, 0.15) is 24.8 Å². The van der Waals surface area contributed by atoms with Crippen molar-refractivity contribution in [1.82, 2.24) is 4.98 Å². The molecule has 1 aromatic heterocycles. The van der Waals surface area contributed by atoms with Gasteiger partial charge in [-0.25, -0.2) is 0 Å². The molecule has 1 aromatic carbocycles. The van der Waals surface area contributed by atoms with E-state index in [9.17, 15) is 18.0 Å². The standard InChI is InChI=1S/C16H16ClF3N2O/c17-9-11-3-1-2-6-22(11)10-4-5-14-12(7-10)13(16(18,19)20)8-15(23)21-14/h4-5,7-8,11H,1-3,6,9H2,(H,21,23)/t11-/m0/s1. The molecule has 1 aliphatic heterocycles. The van der Waals surface area contributed by atoms with E-state index < -0.39 is 17.3 Å². The molecule has 0 radical (unpaired) electrons. The van der Waals surface area contributed by atoms with Crippen LogP contribution in [-0.2, 0) is 6.18 Å². The van der Waals surface area contributed by atoms with Crippen LogP contribution >= 0.6 is 11.6 Å². The fourth-order valence-electron chi connectivity index (χ4n) is 3.16. The summed E-state index contributed by atoms with van der Waals surface area (Å²) in [5.41, 5.74) is -0.764. The minimum Gasteiger partial charge on any atom is -0.367 e. The maximum atomic E-state index is 13.2. The lowest BCUT2D eigenvalue weighted by atomic mass is 10.0. The van der Waals surface area contributed by atoms with Gasteiger partial charge in [-0.2, -0.15) is 13.2 Å². The van der Waals surface area contributed by atoms with Gasteiger partial charge in [-0.1, -0.05) is 0 Å². The molecule has 1 saturated heterocycles. The second-order valence-electron chi connectivity index (χ2n) is 5.77. The molecule has 0 aliphatic carbocycles. The Bertz CT molecular complexity index is 772. The van der Waals surface area contributed by atoms with Crippen molar-refractivity contribution in [2.24, 2.45) is 0 Å². The van der Waals surface area contributed by atoms with Crippen molar-refractivity contribution in [2.75, 3.05) is 17.3 Å².